The molecule has 1 aromatic carbocycles. The topological polar surface area (TPSA) is 301 Å². The number of ether oxygens (including phenoxy) is 3. The van der Waals surface area contributed by atoms with Crippen LogP contribution in [0.3, 0.4) is 0 Å². The molecule has 0 aliphatic carbocycles. The fraction of sp³-hybridized carbons (Fsp3) is 0.595. The van der Waals surface area contributed by atoms with Crippen LogP contribution in [0.25, 0.3) is 0 Å². The van der Waals surface area contributed by atoms with Gasteiger partial charge in [-0.3, -0.25) is 33.9 Å². The molecule has 23 heteroatoms. The zero-order valence-electron chi connectivity index (χ0n) is 37.2. The first kappa shape index (κ1) is 51.9. The molecule has 1 saturated heterocycles. The molecule has 22 nitrogen and oxygen atoms in total. The van der Waals surface area contributed by atoms with Gasteiger partial charge in [-0.2, -0.15) is 0 Å². The van der Waals surface area contributed by atoms with Gasteiger partial charge < -0.3 is 61.2 Å². The van der Waals surface area contributed by atoms with Gasteiger partial charge in [0.1, 0.15) is 55.1 Å². The standard InChI is InChI=1S/C42H61N9O13S/c1-24(2)33(48-30(52)11-7-6-8-19-51-31(53)16-17-32(51)54)38(58)47-28(10-9-18-44-40(43)59)37(57)46-27-14-12-26(13-15-27)22-62-41(60)49(4)20-21-50(5)42(61)63-23-29-35(55)36(56)34-39(64-29)65-25(3)45-34/h12-17,24,28-29,33-36,39,55-56H,6-11,18-23H2,1-5H3,(H,46,57)(H,47,58)(H,48,52)(H3,43,44,59)/t28-,29+,33-,34+,35+,36+,39+/m0/s1. The van der Waals surface area contributed by atoms with Crippen molar-refractivity contribution in [2.75, 3.05) is 52.2 Å². The van der Waals surface area contributed by atoms with Gasteiger partial charge >= 0.3 is 18.2 Å². The Morgan fingerprint density at radius 3 is 2.17 bits per heavy atom. The second-order valence-corrected chi connectivity index (χ2v) is 17.5. The highest BCUT2D eigenvalue weighted by Gasteiger charge is 2.48. The van der Waals surface area contributed by atoms with Crippen LogP contribution in [-0.2, 0) is 44.8 Å². The summed E-state index contributed by atoms with van der Waals surface area (Å²) >= 11 is 1.33. The number of aliphatic hydroxyl groups excluding tert-OH is 2. The van der Waals surface area contributed by atoms with E-state index in [4.69, 9.17) is 19.9 Å². The van der Waals surface area contributed by atoms with E-state index in [1.54, 1.807) is 45.0 Å². The zero-order chi connectivity index (χ0) is 47.8. The average molecular weight is 932 g/mol. The number of unbranched alkanes of at least 4 members (excludes halogenated alkanes) is 2. The fourth-order valence-electron chi connectivity index (χ4n) is 6.82. The molecule has 7 atom stereocenters. The average Bonchev–Trinajstić information content (AvgIpc) is 3.81. The smallest absolute Gasteiger partial charge is 0.409 e. The van der Waals surface area contributed by atoms with Crippen LogP contribution in [0.1, 0.15) is 64.9 Å². The second-order valence-electron chi connectivity index (χ2n) is 16.2. The molecule has 9 amide bonds. The number of thioether (sulfide) groups is 1. The largest absolute Gasteiger partial charge is 0.447 e. The lowest BCUT2D eigenvalue weighted by Gasteiger charge is -2.38. The molecule has 65 heavy (non-hydrogen) atoms. The van der Waals surface area contributed by atoms with Crippen molar-refractivity contribution in [3.05, 3.63) is 42.0 Å². The normalized spacial score (nSPS) is 20.9. The number of aliphatic hydroxyl groups is 2. The number of carbonyl (C=O) groups is 8. The van der Waals surface area contributed by atoms with Gasteiger partial charge in [-0.25, -0.2) is 14.4 Å². The molecule has 0 aromatic heterocycles. The molecule has 3 aliphatic rings. The predicted octanol–water partition coefficient (Wildman–Crippen LogP) is 0.802. The van der Waals surface area contributed by atoms with E-state index in [1.165, 1.54) is 47.8 Å². The molecular weight excluding hydrogens is 871 g/mol. The van der Waals surface area contributed by atoms with Gasteiger partial charge in [0.2, 0.25) is 17.7 Å². The molecule has 0 radical (unpaired) electrons. The number of imide groups is 1. The Balaban J connectivity index is 1.20. The Morgan fingerprint density at radius 1 is 0.892 bits per heavy atom. The first-order valence-electron chi connectivity index (χ1n) is 21.4. The number of hydrogen-bond donors (Lipinski definition) is 7. The van der Waals surface area contributed by atoms with E-state index < -0.39 is 71.9 Å². The van der Waals surface area contributed by atoms with Crippen LogP contribution in [0, 0.1) is 5.92 Å². The van der Waals surface area contributed by atoms with Crippen molar-refractivity contribution in [3.63, 3.8) is 0 Å². The number of nitrogens with one attached hydrogen (secondary N) is 4. The molecular formula is C42H61N9O13S. The summed E-state index contributed by atoms with van der Waals surface area (Å²) in [7, 11) is 2.98. The third-order valence-electron chi connectivity index (χ3n) is 10.7. The Labute approximate surface area is 381 Å². The van der Waals surface area contributed by atoms with E-state index in [9.17, 15) is 48.6 Å². The summed E-state index contributed by atoms with van der Waals surface area (Å²) in [4.78, 5) is 108. The highest BCUT2D eigenvalue weighted by molar-refractivity contribution is 8.14. The zero-order valence-corrected chi connectivity index (χ0v) is 38.0. The van der Waals surface area contributed by atoms with Crippen LogP contribution in [-0.4, -0.2) is 166 Å². The number of carbonyl (C=O) groups excluding carboxylic acids is 8. The van der Waals surface area contributed by atoms with E-state index in [0.29, 0.717) is 30.5 Å². The Hall–Kier alpha value is -5.78. The molecule has 0 saturated carbocycles. The number of benzene rings is 1. The molecule has 4 rings (SSSR count). The minimum absolute atomic E-state index is 0.0909. The molecule has 0 bridgehead atoms. The number of urea groups is 1. The van der Waals surface area contributed by atoms with Gasteiger partial charge in [-0.1, -0.05) is 44.2 Å². The van der Waals surface area contributed by atoms with Crippen LogP contribution >= 0.6 is 11.8 Å². The minimum atomic E-state index is -1.29. The number of rotatable bonds is 23. The van der Waals surface area contributed by atoms with Crippen LogP contribution in [0.15, 0.2) is 41.4 Å². The first-order valence-corrected chi connectivity index (χ1v) is 22.3. The summed E-state index contributed by atoms with van der Waals surface area (Å²) in [5.74, 6) is -2.58. The van der Waals surface area contributed by atoms with Crippen molar-refractivity contribution in [1.29, 1.82) is 0 Å². The minimum Gasteiger partial charge on any atom is -0.447 e. The predicted molar refractivity (Wildman–Crippen MR) is 237 cm³/mol. The van der Waals surface area contributed by atoms with Crippen molar-refractivity contribution >= 4 is 70.2 Å². The lowest BCUT2D eigenvalue weighted by molar-refractivity contribution is -0.165. The van der Waals surface area contributed by atoms with Gasteiger partial charge in [-0.15, -0.1) is 0 Å². The molecule has 0 unspecified atom stereocenters. The lowest BCUT2D eigenvalue weighted by Crippen LogP contribution is -2.56. The number of primary amides is 1. The van der Waals surface area contributed by atoms with Gasteiger partial charge in [-0.05, 0) is 56.2 Å². The number of likely N-dealkylation sites (N-methyl/N-ethyl adjacent to an activating group) is 2. The van der Waals surface area contributed by atoms with Gasteiger partial charge in [0.25, 0.3) is 11.8 Å². The van der Waals surface area contributed by atoms with Crippen LogP contribution < -0.4 is 27.0 Å². The molecule has 3 heterocycles. The maximum absolute atomic E-state index is 13.5. The van der Waals surface area contributed by atoms with Crippen LogP contribution in [0.2, 0.25) is 0 Å². The molecule has 358 valence electrons. The summed E-state index contributed by atoms with van der Waals surface area (Å²) in [5, 5.41) is 32.3. The summed E-state index contributed by atoms with van der Waals surface area (Å²) in [6, 6.07) is 3.08. The Morgan fingerprint density at radius 2 is 1.54 bits per heavy atom. The molecule has 0 spiro atoms. The number of hydrogen-bond acceptors (Lipinski definition) is 15. The third kappa shape index (κ3) is 16.0. The van der Waals surface area contributed by atoms with Gasteiger partial charge in [0.15, 0.2) is 0 Å². The molecule has 8 N–H and O–H groups in total. The number of fused-ring (bicyclic) bond motifs is 1. The van der Waals surface area contributed by atoms with Crippen LogP contribution in [0.4, 0.5) is 20.1 Å². The number of anilines is 1. The van der Waals surface area contributed by atoms with E-state index in [-0.39, 0.29) is 82.3 Å². The summed E-state index contributed by atoms with van der Waals surface area (Å²) < 4.78 is 16.5. The second kappa shape index (κ2) is 25.1. The van der Waals surface area contributed by atoms with Crippen molar-refractivity contribution in [1.82, 2.24) is 30.7 Å². The highest BCUT2D eigenvalue weighted by atomic mass is 32.2. The van der Waals surface area contributed by atoms with E-state index >= 15 is 0 Å². The third-order valence-corrected chi connectivity index (χ3v) is 11.8. The van der Waals surface area contributed by atoms with E-state index in [0.717, 1.165) is 9.94 Å². The van der Waals surface area contributed by atoms with Crippen molar-refractivity contribution in [2.24, 2.45) is 16.6 Å². The van der Waals surface area contributed by atoms with Crippen molar-refractivity contribution < 1.29 is 62.8 Å². The summed E-state index contributed by atoms with van der Waals surface area (Å²) in [5.41, 5.74) is 5.66. The number of nitrogens with two attached hydrogens (primary N) is 1. The van der Waals surface area contributed by atoms with E-state index in [2.05, 4.69) is 26.3 Å². The van der Waals surface area contributed by atoms with Crippen molar-refractivity contribution in [3.8, 4) is 0 Å². The summed E-state index contributed by atoms with van der Waals surface area (Å²) in [6.07, 6.45) is -0.278. The number of aliphatic imine (C=N–C) groups is 1. The van der Waals surface area contributed by atoms with Gasteiger partial charge in [0, 0.05) is 64.5 Å². The SMILES string of the molecule is CC1=N[C@@H]2[C@@H](O)[C@H](O)[C@@H](COC(=O)N(C)CCN(C)C(=O)OCc3ccc(NC(=O)[C@H](CCCNC(N)=O)NC(=O)[C@@H](NC(=O)CCCCCN4C(=O)C=CC4=O)C(C)C)cc3)O[C@@H]2S1. The molecule has 1 fully saturated rings. The maximum Gasteiger partial charge on any atom is 0.409 e. The maximum atomic E-state index is 13.5. The molecule has 3 aliphatic heterocycles. The Kier molecular flexibility index (Phi) is 20.0. The highest BCUT2D eigenvalue weighted by Crippen LogP contribution is 2.36. The number of nitrogens with zero attached hydrogens (tertiary/aromatic N) is 4. The Bertz CT molecular complexity index is 1920. The summed E-state index contributed by atoms with van der Waals surface area (Å²) in [6.45, 7) is 5.46. The van der Waals surface area contributed by atoms with Gasteiger partial charge in [0.05, 0.1) is 5.04 Å². The fourth-order valence-corrected chi connectivity index (χ4v) is 7.90. The molecule has 1 aromatic rings. The first-order chi connectivity index (χ1) is 30.8. The number of amides is 9. The lowest BCUT2D eigenvalue weighted by atomic mass is 9.99. The van der Waals surface area contributed by atoms with Crippen molar-refractivity contribution in [2.45, 2.75) is 108 Å². The van der Waals surface area contributed by atoms with Crippen LogP contribution in [0.5, 0.6) is 0 Å². The monoisotopic (exact) mass is 931 g/mol. The quantitative estimate of drug-likeness (QED) is 0.0591. The van der Waals surface area contributed by atoms with E-state index in [1.807, 2.05) is 0 Å².